The molecule has 0 aromatic heterocycles. The van der Waals surface area contributed by atoms with Crippen LogP contribution in [0.5, 0.6) is 11.5 Å². The topological polar surface area (TPSA) is 105 Å². The van der Waals surface area contributed by atoms with E-state index in [0.717, 1.165) is 5.56 Å². The van der Waals surface area contributed by atoms with E-state index in [2.05, 4.69) is 0 Å². The van der Waals surface area contributed by atoms with E-state index in [1.54, 1.807) is 0 Å². The largest absolute Gasteiger partial charge is 0.519 e. The smallest absolute Gasteiger partial charge is 0.457 e. The van der Waals surface area contributed by atoms with Crippen LogP contribution in [0, 0.1) is 10.1 Å². The van der Waals surface area contributed by atoms with Gasteiger partial charge in [0.25, 0.3) is 5.69 Å². The van der Waals surface area contributed by atoms with Crippen molar-refractivity contribution < 1.29 is 28.7 Å². The predicted molar refractivity (Wildman–Crippen MR) is 102 cm³/mol. The molecule has 0 saturated heterocycles. The number of rotatable bonds is 6. The van der Waals surface area contributed by atoms with Gasteiger partial charge in [-0.3, -0.25) is 10.1 Å². The van der Waals surface area contributed by atoms with Gasteiger partial charge in [-0.2, -0.15) is 0 Å². The third kappa shape index (κ3) is 5.64. The van der Waals surface area contributed by atoms with Crippen molar-refractivity contribution in [1.29, 1.82) is 0 Å². The lowest BCUT2D eigenvalue weighted by Gasteiger charge is -2.07. The van der Waals surface area contributed by atoms with Crippen molar-refractivity contribution in [1.82, 2.24) is 0 Å². The highest BCUT2D eigenvalue weighted by atomic mass is 16.7. The molecule has 0 aliphatic heterocycles. The summed E-state index contributed by atoms with van der Waals surface area (Å²) >= 11 is 0. The molecular formula is C21H15NO7. The lowest BCUT2D eigenvalue weighted by atomic mass is 10.2. The molecule has 8 heteroatoms. The van der Waals surface area contributed by atoms with Crippen LogP contribution in [0.1, 0.15) is 15.9 Å². The molecule has 0 bridgehead atoms. The van der Waals surface area contributed by atoms with E-state index in [1.165, 1.54) is 48.5 Å². The maximum absolute atomic E-state index is 12.1. The lowest BCUT2D eigenvalue weighted by molar-refractivity contribution is -0.384. The zero-order valence-electron chi connectivity index (χ0n) is 15.0. The van der Waals surface area contributed by atoms with Gasteiger partial charge in [-0.05, 0) is 42.0 Å². The molecule has 0 atom stereocenters. The summed E-state index contributed by atoms with van der Waals surface area (Å²) in [5, 5.41) is 10.6. The molecule has 29 heavy (non-hydrogen) atoms. The summed E-state index contributed by atoms with van der Waals surface area (Å²) in [4.78, 5) is 33.9. The van der Waals surface area contributed by atoms with Crippen molar-refractivity contribution in [2.24, 2.45) is 0 Å². The van der Waals surface area contributed by atoms with Crippen LogP contribution < -0.4 is 9.47 Å². The van der Waals surface area contributed by atoms with E-state index in [4.69, 9.17) is 14.2 Å². The van der Waals surface area contributed by atoms with E-state index < -0.39 is 17.0 Å². The molecular weight excluding hydrogens is 378 g/mol. The highest BCUT2D eigenvalue weighted by Gasteiger charge is 2.12. The van der Waals surface area contributed by atoms with Crippen molar-refractivity contribution in [2.45, 2.75) is 6.61 Å². The molecule has 0 fully saturated rings. The third-order valence-corrected chi connectivity index (χ3v) is 3.75. The number of hydrogen-bond donors (Lipinski definition) is 0. The minimum atomic E-state index is -1.02. The third-order valence-electron chi connectivity index (χ3n) is 3.75. The van der Waals surface area contributed by atoms with Crippen LogP contribution in [0.15, 0.2) is 78.9 Å². The molecule has 3 rings (SSSR count). The highest BCUT2D eigenvalue weighted by molar-refractivity contribution is 5.89. The number of carbonyl (C=O) groups is 2. The highest BCUT2D eigenvalue weighted by Crippen LogP contribution is 2.19. The zero-order valence-corrected chi connectivity index (χ0v) is 15.0. The van der Waals surface area contributed by atoms with E-state index in [0.29, 0.717) is 5.56 Å². The lowest BCUT2D eigenvalue weighted by Crippen LogP contribution is -2.14. The number of nitro benzene ring substituents is 1. The van der Waals surface area contributed by atoms with E-state index in [9.17, 15) is 19.7 Å². The van der Waals surface area contributed by atoms with E-state index in [1.807, 2.05) is 30.3 Å². The molecule has 0 radical (unpaired) electrons. The van der Waals surface area contributed by atoms with Gasteiger partial charge in [0.05, 0.1) is 10.5 Å². The fraction of sp³-hybridized carbons (Fsp3) is 0.0476. The molecule has 146 valence electrons. The molecule has 0 saturated carbocycles. The summed E-state index contributed by atoms with van der Waals surface area (Å²) in [5.74, 6) is -0.243. The summed E-state index contributed by atoms with van der Waals surface area (Å²) in [6.07, 6.45) is -1.02. The van der Waals surface area contributed by atoms with Gasteiger partial charge in [0.2, 0.25) is 0 Å². The molecule has 0 amide bonds. The first-order chi connectivity index (χ1) is 14.0. The van der Waals surface area contributed by atoms with Crippen molar-refractivity contribution in [3.8, 4) is 11.5 Å². The minimum Gasteiger partial charge on any atom is -0.457 e. The molecule has 3 aromatic rings. The first kappa shape index (κ1) is 19.6. The molecule has 0 spiro atoms. The quantitative estimate of drug-likeness (QED) is 0.262. The van der Waals surface area contributed by atoms with Crippen LogP contribution in [0.3, 0.4) is 0 Å². The van der Waals surface area contributed by atoms with Crippen molar-refractivity contribution >= 4 is 17.8 Å². The van der Waals surface area contributed by atoms with Gasteiger partial charge in [0.15, 0.2) is 0 Å². The van der Waals surface area contributed by atoms with Gasteiger partial charge in [0.1, 0.15) is 18.1 Å². The van der Waals surface area contributed by atoms with Crippen LogP contribution in [0.2, 0.25) is 0 Å². The number of esters is 1. The maximum Gasteiger partial charge on any atom is 0.519 e. The average molecular weight is 393 g/mol. The van der Waals surface area contributed by atoms with Crippen molar-refractivity contribution in [2.75, 3.05) is 0 Å². The van der Waals surface area contributed by atoms with Crippen LogP contribution in [-0.2, 0) is 11.3 Å². The number of nitro groups is 1. The Balaban J connectivity index is 1.52. The average Bonchev–Trinajstić information content (AvgIpc) is 2.73. The first-order valence-electron chi connectivity index (χ1n) is 8.46. The Morgan fingerprint density at radius 2 is 1.34 bits per heavy atom. The Labute approximate surface area is 165 Å². The summed E-state index contributed by atoms with van der Waals surface area (Å²) in [6.45, 7) is 0.152. The van der Waals surface area contributed by atoms with Gasteiger partial charge in [-0.25, -0.2) is 9.59 Å². The summed E-state index contributed by atoms with van der Waals surface area (Å²) in [7, 11) is 0. The number of benzene rings is 3. The van der Waals surface area contributed by atoms with Crippen LogP contribution in [-0.4, -0.2) is 17.0 Å². The van der Waals surface area contributed by atoms with Gasteiger partial charge < -0.3 is 14.2 Å². The standard InChI is InChI=1S/C21H15NO7/c23-20(27-14-15-4-2-1-3-5-15)16-6-10-18(11-7-16)28-21(24)29-19-12-8-17(9-13-19)22(25)26/h1-13H,14H2. The van der Waals surface area contributed by atoms with E-state index in [-0.39, 0.29) is 23.8 Å². The van der Waals surface area contributed by atoms with Crippen molar-refractivity contribution in [3.63, 3.8) is 0 Å². The molecule has 0 unspecified atom stereocenters. The summed E-state index contributed by atoms with van der Waals surface area (Å²) in [6, 6.07) is 20.0. The summed E-state index contributed by atoms with van der Waals surface area (Å²) < 4.78 is 15.2. The normalized spacial score (nSPS) is 10.1. The Morgan fingerprint density at radius 3 is 1.90 bits per heavy atom. The second-order valence-corrected chi connectivity index (χ2v) is 5.79. The maximum atomic E-state index is 12.1. The summed E-state index contributed by atoms with van der Waals surface area (Å²) in [5.41, 5.74) is 1.05. The Morgan fingerprint density at radius 1 is 0.793 bits per heavy atom. The van der Waals surface area contributed by atoms with Gasteiger partial charge >= 0.3 is 12.1 Å². The second kappa shape index (κ2) is 9.14. The van der Waals surface area contributed by atoms with Crippen LogP contribution in [0.4, 0.5) is 10.5 Å². The molecule has 0 N–H and O–H groups in total. The number of ether oxygens (including phenoxy) is 3. The Hall–Kier alpha value is -4.20. The number of hydrogen-bond acceptors (Lipinski definition) is 7. The molecule has 0 aliphatic carbocycles. The minimum absolute atomic E-state index is 0.0988. The first-order valence-corrected chi connectivity index (χ1v) is 8.46. The molecule has 0 heterocycles. The fourth-order valence-corrected chi connectivity index (χ4v) is 2.31. The zero-order chi connectivity index (χ0) is 20.6. The van der Waals surface area contributed by atoms with Gasteiger partial charge in [0, 0.05) is 12.1 Å². The molecule has 3 aromatic carbocycles. The molecule has 0 aliphatic rings. The van der Waals surface area contributed by atoms with E-state index >= 15 is 0 Å². The number of non-ortho nitro benzene ring substituents is 1. The Bertz CT molecular complexity index is 999. The monoisotopic (exact) mass is 393 g/mol. The van der Waals surface area contributed by atoms with Gasteiger partial charge in [-0.15, -0.1) is 0 Å². The van der Waals surface area contributed by atoms with Crippen LogP contribution >= 0.6 is 0 Å². The van der Waals surface area contributed by atoms with Crippen LogP contribution in [0.25, 0.3) is 0 Å². The number of nitrogens with zero attached hydrogens (tertiary/aromatic N) is 1. The second-order valence-electron chi connectivity index (χ2n) is 5.79. The Kier molecular flexibility index (Phi) is 6.16. The van der Waals surface area contributed by atoms with Gasteiger partial charge in [-0.1, -0.05) is 30.3 Å². The molecule has 8 nitrogen and oxygen atoms in total. The predicted octanol–water partition coefficient (Wildman–Crippen LogP) is 4.53. The number of carbonyl (C=O) groups excluding carboxylic acids is 2. The fourth-order valence-electron chi connectivity index (χ4n) is 2.31. The van der Waals surface area contributed by atoms with Crippen molar-refractivity contribution in [3.05, 3.63) is 100 Å². The SMILES string of the molecule is O=C(Oc1ccc(C(=O)OCc2ccccc2)cc1)Oc1ccc([N+](=O)[O-])cc1.